The topological polar surface area (TPSA) is 52.6 Å². The molecule has 2 aromatic carbocycles. The maximum Gasteiger partial charge on any atom is 0.274 e. The largest absolute Gasteiger partial charge is 0.367 e. The summed E-state index contributed by atoms with van der Waals surface area (Å²) in [5.41, 5.74) is 7.32. The zero-order valence-corrected chi connectivity index (χ0v) is 13.4. The molecule has 0 spiro atoms. The van der Waals surface area contributed by atoms with Crippen LogP contribution in [-0.2, 0) is 13.0 Å². The molecule has 0 atom stereocenters. The van der Waals surface area contributed by atoms with Crippen molar-refractivity contribution in [1.82, 2.24) is 5.48 Å². The molecule has 4 heteroatoms. The van der Waals surface area contributed by atoms with Crippen LogP contribution in [0.15, 0.2) is 42.5 Å². The predicted octanol–water partition coefficient (Wildman–Crippen LogP) is 3.46. The third-order valence-electron chi connectivity index (χ3n) is 4.40. The quantitative estimate of drug-likeness (QED) is 0.674. The number of anilines is 1. The molecule has 23 heavy (non-hydrogen) atoms. The van der Waals surface area contributed by atoms with Crippen LogP contribution in [0.1, 0.15) is 39.9 Å². The van der Waals surface area contributed by atoms with Crippen LogP contribution in [0, 0.1) is 6.92 Å². The second-order valence-corrected chi connectivity index (χ2v) is 6.15. The van der Waals surface area contributed by atoms with Crippen LogP contribution in [-0.4, -0.2) is 17.7 Å². The number of nitrogens with zero attached hydrogens (tertiary/aromatic N) is 1. The van der Waals surface area contributed by atoms with Crippen LogP contribution in [0.25, 0.3) is 0 Å². The van der Waals surface area contributed by atoms with Gasteiger partial charge in [0.2, 0.25) is 0 Å². The fraction of sp³-hybridized carbons (Fsp3) is 0.316. The van der Waals surface area contributed by atoms with Crippen LogP contribution in [0.4, 0.5) is 5.69 Å². The molecule has 0 aromatic heterocycles. The fourth-order valence-corrected chi connectivity index (χ4v) is 3.13. The first-order chi connectivity index (χ1) is 11.2. The molecule has 0 bridgehead atoms. The highest BCUT2D eigenvalue weighted by atomic mass is 16.5. The zero-order chi connectivity index (χ0) is 16.2. The summed E-state index contributed by atoms with van der Waals surface area (Å²) in [4.78, 5) is 13.8. The molecule has 0 saturated carbocycles. The Hall–Kier alpha value is -2.33. The average Bonchev–Trinajstić information content (AvgIpc) is 2.77. The summed E-state index contributed by atoms with van der Waals surface area (Å²) in [6.45, 7) is 4.01. The van der Waals surface area contributed by atoms with Gasteiger partial charge in [0, 0.05) is 24.3 Å². The Kier molecular flexibility index (Phi) is 4.63. The minimum absolute atomic E-state index is 0.461. The van der Waals surface area contributed by atoms with Crippen molar-refractivity contribution in [3.05, 3.63) is 64.7 Å². The van der Waals surface area contributed by atoms with Gasteiger partial charge in [0.1, 0.15) is 0 Å². The van der Waals surface area contributed by atoms with Gasteiger partial charge in [-0.2, -0.15) is 0 Å². The number of rotatable bonds is 3. The Morgan fingerprint density at radius 3 is 2.70 bits per heavy atom. The van der Waals surface area contributed by atoms with E-state index in [1.165, 1.54) is 29.7 Å². The summed E-state index contributed by atoms with van der Waals surface area (Å²) in [6, 6.07) is 14.1. The number of amides is 1. The molecule has 1 amide bonds. The molecule has 1 heterocycles. The van der Waals surface area contributed by atoms with Crippen molar-refractivity contribution >= 4 is 11.6 Å². The minimum Gasteiger partial charge on any atom is -0.367 e. The summed E-state index contributed by atoms with van der Waals surface area (Å²) < 4.78 is 0. The van der Waals surface area contributed by atoms with Crippen molar-refractivity contribution in [2.24, 2.45) is 0 Å². The van der Waals surface area contributed by atoms with Crippen molar-refractivity contribution in [2.45, 2.75) is 32.7 Å². The first-order valence-corrected chi connectivity index (χ1v) is 8.05. The van der Waals surface area contributed by atoms with Gasteiger partial charge in [-0.3, -0.25) is 10.0 Å². The molecule has 0 saturated heterocycles. The van der Waals surface area contributed by atoms with Crippen molar-refractivity contribution in [2.75, 3.05) is 11.4 Å². The number of hydrogen-bond donors (Lipinski definition) is 2. The maximum absolute atomic E-state index is 11.4. The minimum atomic E-state index is -0.479. The highest BCUT2D eigenvalue weighted by molar-refractivity contribution is 5.93. The maximum atomic E-state index is 11.4. The van der Waals surface area contributed by atoms with E-state index >= 15 is 0 Å². The lowest BCUT2D eigenvalue weighted by Gasteiger charge is -2.25. The molecule has 2 aromatic rings. The van der Waals surface area contributed by atoms with Gasteiger partial charge in [-0.1, -0.05) is 24.3 Å². The van der Waals surface area contributed by atoms with Crippen LogP contribution in [0.2, 0.25) is 0 Å². The SMILES string of the molecule is Cc1ccc2c(c1)N(Cc1ccc(C(=O)NO)cc1)CCCC2. The van der Waals surface area contributed by atoms with E-state index in [4.69, 9.17) is 5.21 Å². The summed E-state index contributed by atoms with van der Waals surface area (Å²) in [5.74, 6) is -0.479. The number of nitrogens with one attached hydrogen (secondary N) is 1. The summed E-state index contributed by atoms with van der Waals surface area (Å²) >= 11 is 0. The zero-order valence-electron chi connectivity index (χ0n) is 13.4. The van der Waals surface area contributed by atoms with Crippen molar-refractivity contribution in [3.8, 4) is 0 Å². The molecule has 1 aliphatic rings. The first kappa shape index (κ1) is 15.6. The Morgan fingerprint density at radius 1 is 1.17 bits per heavy atom. The van der Waals surface area contributed by atoms with E-state index in [9.17, 15) is 4.79 Å². The van der Waals surface area contributed by atoms with Crippen LogP contribution in [0.5, 0.6) is 0 Å². The molecule has 120 valence electrons. The van der Waals surface area contributed by atoms with Gasteiger partial charge in [0.25, 0.3) is 5.91 Å². The molecule has 0 radical (unpaired) electrons. The third-order valence-corrected chi connectivity index (χ3v) is 4.40. The fourth-order valence-electron chi connectivity index (χ4n) is 3.13. The lowest BCUT2D eigenvalue weighted by molar-refractivity contribution is 0.0706. The number of hydrogen-bond acceptors (Lipinski definition) is 3. The molecule has 0 unspecified atom stereocenters. The van der Waals surface area contributed by atoms with E-state index in [1.807, 2.05) is 12.1 Å². The molecular weight excluding hydrogens is 288 g/mol. The Labute approximate surface area is 136 Å². The normalized spacial score (nSPS) is 14.1. The Morgan fingerprint density at radius 2 is 1.96 bits per heavy atom. The van der Waals surface area contributed by atoms with Gasteiger partial charge in [-0.15, -0.1) is 0 Å². The van der Waals surface area contributed by atoms with Gasteiger partial charge in [0.15, 0.2) is 0 Å². The Balaban J connectivity index is 1.82. The summed E-state index contributed by atoms with van der Waals surface area (Å²) in [7, 11) is 0. The smallest absolute Gasteiger partial charge is 0.274 e. The van der Waals surface area contributed by atoms with E-state index in [0.29, 0.717) is 5.56 Å². The molecule has 0 aliphatic carbocycles. The van der Waals surface area contributed by atoms with E-state index in [0.717, 1.165) is 25.1 Å². The average molecular weight is 310 g/mol. The van der Waals surface area contributed by atoms with Crippen molar-refractivity contribution in [1.29, 1.82) is 0 Å². The van der Waals surface area contributed by atoms with Gasteiger partial charge in [0.05, 0.1) is 0 Å². The first-order valence-electron chi connectivity index (χ1n) is 8.05. The molecule has 1 aliphatic heterocycles. The number of hydroxylamine groups is 1. The Bertz CT molecular complexity index is 695. The van der Waals surface area contributed by atoms with E-state index in [2.05, 4.69) is 30.0 Å². The van der Waals surface area contributed by atoms with Gasteiger partial charge in [-0.05, 0) is 61.1 Å². The molecule has 3 rings (SSSR count). The number of benzene rings is 2. The predicted molar refractivity (Wildman–Crippen MR) is 90.9 cm³/mol. The third kappa shape index (κ3) is 3.54. The molecule has 0 fully saturated rings. The lowest BCUT2D eigenvalue weighted by atomic mass is 10.0. The van der Waals surface area contributed by atoms with E-state index < -0.39 is 5.91 Å². The second kappa shape index (κ2) is 6.84. The lowest BCUT2D eigenvalue weighted by Crippen LogP contribution is -2.24. The second-order valence-electron chi connectivity index (χ2n) is 6.15. The van der Waals surface area contributed by atoms with Crippen LogP contribution >= 0.6 is 0 Å². The number of carbonyl (C=O) groups is 1. The monoisotopic (exact) mass is 310 g/mol. The van der Waals surface area contributed by atoms with E-state index in [-0.39, 0.29) is 0 Å². The van der Waals surface area contributed by atoms with Crippen LogP contribution < -0.4 is 10.4 Å². The number of carbonyl (C=O) groups excluding carboxylic acids is 1. The van der Waals surface area contributed by atoms with Crippen LogP contribution in [0.3, 0.4) is 0 Å². The van der Waals surface area contributed by atoms with Crippen molar-refractivity contribution < 1.29 is 10.0 Å². The van der Waals surface area contributed by atoms with Gasteiger partial charge >= 0.3 is 0 Å². The van der Waals surface area contributed by atoms with E-state index in [1.54, 1.807) is 17.6 Å². The standard InChI is InChI=1S/C19H22N2O2/c1-14-5-8-16-4-2-3-11-21(18(16)12-14)13-15-6-9-17(10-7-15)19(22)20-23/h5-10,12,23H,2-4,11,13H2,1H3,(H,20,22). The summed E-state index contributed by atoms with van der Waals surface area (Å²) in [6.07, 6.45) is 3.56. The number of aryl methyl sites for hydroxylation is 2. The molecule has 4 nitrogen and oxygen atoms in total. The molecular formula is C19H22N2O2. The van der Waals surface area contributed by atoms with Gasteiger partial charge in [-0.25, -0.2) is 5.48 Å². The van der Waals surface area contributed by atoms with Crippen molar-refractivity contribution in [3.63, 3.8) is 0 Å². The highest BCUT2D eigenvalue weighted by Gasteiger charge is 2.16. The highest BCUT2D eigenvalue weighted by Crippen LogP contribution is 2.28. The molecule has 2 N–H and O–H groups in total. The summed E-state index contributed by atoms with van der Waals surface area (Å²) in [5, 5.41) is 8.68. The van der Waals surface area contributed by atoms with Gasteiger partial charge < -0.3 is 4.90 Å². The number of fused-ring (bicyclic) bond motifs is 1.